The Morgan fingerprint density at radius 3 is 0.591 bits per heavy atom. The maximum absolute atomic E-state index is 8.89. The monoisotopic (exact) mass is 838 g/mol. The van der Waals surface area contributed by atoms with Crippen molar-refractivity contribution in [3.8, 4) is 0 Å². The molecule has 0 aromatic rings. The number of aliphatic carboxylic acids is 2. The normalized spacial score (nSPS) is 7.86. The molecule has 8 nitrogen and oxygen atoms in total. The van der Waals surface area contributed by atoms with Crippen LogP contribution in [0.3, 0.4) is 0 Å². The van der Waals surface area contributed by atoms with Crippen molar-refractivity contribution >= 4 is 27.8 Å². The summed E-state index contributed by atoms with van der Waals surface area (Å²) in [4.78, 5) is 17.8. The molecule has 0 N–H and O–H groups in total. The molecule has 2 radical (unpaired) electrons. The third-order valence-electron chi connectivity index (χ3n) is 4.97. The van der Waals surface area contributed by atoms with Gasteiger partial charge in [-0.15, -0.1) is 15.8 Å². The van der Waals surface area contributed by atoms with Crippen molar-refractivity contribution < 1.29 is 77.4 Å². The van der Waals surface area contributed by atoms with Crippen LogP contribution in [0.1, 0.15) is 132 Å². The summed E-state index contributed by atoms with van der Waals surface area (Å²) in [6.45, 7) is 33.8. The number of hydrogen-bond donors (Lipinski definition) is 0. The predicted octanol–water partition coefficient (Wildman–Crippen LogP) is 7.09. The maximum Gasteiger partial charge on any atom is 1.00 e. The molecule has 0 amide bonds. The van der Waals surface area contributed by atoms with Gasteiger partial charge in [0.2, 0.25) is 0 Å². The molecule has 0 fully saturated rings. The summed E-state index contributed by atoms with van der Waals surface area (Å²) in [5, 5.41) is 17.8. The number of unbranched alkanes of at least 4 members (excludes halogenated alkanes) is 6. The minimum atomic E-state index is -1.08. The topological polar surface area (TPSA) is 160 Å². The van der Waals surface area contributed by atoms with Crippen LogP contribution in [0.15, 0.2) is 0 Å². The summed E-state index contributed by atoms with van der Waals surface area (Å²) in [6.07, 6.45) is 26.4. The fraction of sp³-hybridized carbons (Fsp3) is 0.812. The SMILES string of the molecule is CC(=O)[O-].CC(=O)[O-].CCCCP(CCCC)CCCC.CCCCP(CCCC)CCCC.[C-]#[O+].[C-]#[O+].[C-]#[O+].[C-]#[O+].[Ru+].[Ru+]. The Bertz CT molecular complexity index is 455. The molecule has 0 aromatic carbocycles. The van der Waals surface area contributed by atoms with Crippen molar-refractivity contribution in [2.75, 3.05) is 37.0 Å². The van der Waals surface area contributed by atoms with Crippen LogP contribution in [0.25, 0.3) is 0 Å². The summed E-state index contributed by atoms with van der Waals surface area (Å²) in [7, 11) is 0.843. The zero-order valence-corrected chi connectivity index (χ0v) is 33.9. The summed E-state index contributed by atoms with van der Waals surface area (Å²) >= 11 is 0. The Labute approximate surface area is 299 Å². The van der Waals surface area contributed by atoms with Crippen molar-refractivity contribution in [3.05, 3.63) is 26.6 Å². The van der Waals surface area contributed by atoms with Gasteiger partial charge in [0.25, 0.3) is 0 Å². The van der Waals surface area contributed by atoms with Crippen LogP contribution in [0, 0.1) is 26.6 Å². The second-order valence-electron chi connectivity index (χ2n) is 8.79. The Morgan fingerprint density at radius 1 is 0.432 bits per heavy atom. The van der Waals surface area contributed by atoms with Gasteiger partial charge in [0, 0.05) is 11.9 Å². The second kappa shape index (κ2) is 84.3. The summed E-state index contributed by atoms with van der Waals surface area (Å²) in [5.74, 6) is -2.17. The van der Waals surface area contributed by atoms with Crippen molar-refractivity contribution in [1.29, 1.82) is 0 Å². The van der Waals surface area contributed by atoms with E-state index >= 15 is 0 Å². The molecule has 0 aliphatic carbocycles. The molecule has 0 aromatic heterocycles. The van der Waals surface area contributed by atoms with E-state index in [1.807, 2.05) is 0 Å². The van der Waals surface area contributed by atoms with Gasteiger partial charge < -0.3 is 19.8 Å². The number of carbonyl (C=O) groups excluding carboxylic acids is 2. The van der Waals surface area contributed by atoms with E-state index in [0.29, 0.717) is 15.8 Å². The minimum absolute atomic E-state index is 0. The molecule has 0 atom stereocenters. The number of carbonyl (C=O) groups is 2. The molecular weight excluding hydrogens is 776 g/mol. The number of rotatable bonds is 18. The van der Waals surface area contributed by atoms with E-state index in [9.17, 15) is 0 Å². The van der Waals surface area contributed by atoms with Gasteiger partial charge in [-0.05, 0) is 89.3 Å². The van der Waals surface area contributed by atoms with Crippen LogP contribution >= 0.6 is 15.8 Å². The summed E-state index contributed by atoms with van der Waals surface area (Å²) < 4.78 is 30.0. The van der Waals surface area contributed by atoms with Crippen molar-refractivity contribution in [1.82, 2.24) is 0 Å². The molecule has 0 heterocycles. The first kappa shape index (κ1) is 70.4. The first-order chi connectivity index (χ1) is 20.2. The average molecular weight is 837 g/mol. The quantitative estimate of drug-likeness (QED) is 0.0625. The molecule has 0 spiro atoms. The van der Waals surface area contributed by atoms with E-state index in [2.05, 4.69) is 68.1 Å². The number of hydrogen-bond acceptors (Lipinski definition) is 4. The molecule has 0 saturated carbocycles. The van der Waals surface area contributed by atoms with Crippen molar-refractivity contribution in [3.63, 3.8) is 0 Å². The Kier molecular flexibility index (Phi) is 135. The fourth-order valence-electron chi connectivity index (χ4n) is 2.96. The van der Waals surface area contributed by atoms with E-state index in [1.165, 1.54) is 77.0 Å². The van der Waals surface area contributed by atoms with E-state index in [1.54, 1.807) is 37.0 Å². The first-order valence-corrected chi connectivity index (χ1v) is 18.6. The molecule has 0 aliphatic rings. The largest absolute Gasteiger partial charge is 1.00 e. The van der Waals surface area contributed by atoms with E-state index in [-0.39, 0.29) is 39.0 Å². The van der Waals surface area contributed by atoms with Crippen LogP contribution in [-0.2, 0) is 67.2 Å². The van der Waals surface area contributed by atoms with Gasteiger partial charge in [-0.3, -0.25) is 0 Å². The van der Waals surface area contributed by atoms with Gasteiger partial charge in [-0.1, -0.05) is 80.1 Å². The van der Waals surface area contributed by atoms with Crippen LogP contribution in [0.5, 0.6) is 0 Å². The fourth-order valence-corrected chi connectivity index (χ4v) is 8.88. The molecule has 0 bridgehead atoms. The number of carboxylic acid groups (broad SMARTS) is 2. The second-order valence-corrected chi connectivity index (χ2v) is 14.2. The van der Waals surface area contributed by atoms with Gasteiger partial charge in [-0.2, -0.15) is 0 Å². The van der Waals surface area contributed by atoms with Crippen LogP contribution in [-0.4, -0.2) is 48.9 Å². The van der Waals surface area contributed by atoms with Crippen molar-refractivity contribution in [2.24, 2.45) is 0 Å². The zero-order valence-electron chi connectivity index (χ0n) is 28.6. The molecule has 0 unspecified atom stereocenters. The Hall–Kier alpha value is 0.00675. The molecule has 0 aliphatic heterocycles. The summed E-state index contributed by atoms with van der Waals surface area (Å²) in [6, 6.07) is 0. The first-order valence-electron chi connectivity index (χ1n) is 14.8. The van der Waals surface area contributed by atoms with E-state index in [4.69, 9.17) is 38.4 Å². The van der Waals surface area contributed by atoms with E-state index < -0.39 is 11.9 Å². The zero-order chi connectivity index (χ0) is 35.0. The Balaban J connectivity index is -0.0000000433. The van der Waals surface area contributed by atoms with Crippen LogP contribution in [0.2, 0.25) is 0 Å². The van der Waals surface area contributed by atoms with E-state index in [0.717, 1.165) is 13.8 Å². The van der Waals surface area contributed by atoms with Gasteiger partial charge in [-0.25, -0.2) is 0 Å². The van der Waals surface area contributed by atoms with Gasteiger partial charge in [0.05, 0.1) is 0 Å². The molecular formula is C32H60O8P2Ru2. The van der Waals surface area contributed by atoms with Crippen molar-refractivity contribution in [2.45, 2.75) is 132 Å². The number of carboxylic acids is 2. The average Bonchev–Trinajstić information content (AvgIpc) is 3.00. The minimum Gasteiger partial charge on any atom is 1.00 e. The molecule has 0 saturated heterocycles. The van der Waals surface area contributed by atoms with Gasteiger partial charge in [0.1, 0.15) is 0 Å². The Morgan fingerprint density at radius 2 is 0.523 bits per heavy atom. The molecule has 262 valence electrons. The standard InChI is InChI=1S/2C12H27P.2C2H4O2.4CO.2Ru/c2*1-4-7-10-13(11-8-5-2)12-9-6-3;2*1-2(3)4;4*1-2;;/h2*4-12H2,1-3H3;2*1H3,(H,3,4);;;;;;/q;;;;;;;;2*+1/p-2. The molecule has 0 rings (SSSR count). The molecule has 44 heavy (non-hydrogen) atoms. The van der Waals surface area contributed by atoms with Gasteiger partial charge >= 0.3 is 84.2 Å². The van der Waals surface area contributed by atoms with Crippen LogP contribution < -0.4 is 10.2 Å². The maximum atomic E-state index is 8.89. The van der Waals surface area contributed by atoms with Crippen LogP contribution in [0.4, 0.5) is 0 Å². The summed E-state index contributed by atoms with van der Waals surface area (Å²) in [5.41, 5.74) is 0. The smallest absolute Gasteiger partial charge is 1.00 e. The van der Waals surface area contributed by atoms with Gasteiger partial charge in [0.15, 0.2) is 0 Å². The third-order valence-corrected chi connectivity index (χ3v) is 10.7. The third kappa shape index (κ3) is 123. The molecule has 12 heteroatoms. The predicted molar refractivity (Wildman–Crippen MR) is 170 cm³/mol.